The molecule has 0 saturated carbocycles. The SMILES string of the molecule is FC(F)n1c(CSc2nc3ccccc3s2)nc2ccccc21. The van der Waals surface area contributed by atoms with Crippen LogP contribution in [0.5, 0.6) is 0 Å². The first-order valence-corrected chi connectivity index (χ1v) is 8.75. The zero-order chi connectivity index (χ0) is 15.8. The molecule has 0 saturated heterocycles. The van der Waals surface area contributed by atoms with Crippen molar-refractivity contribution in [3.8, 4) is 0 Å². The number of thioether (sulfide) groups is 1. The molecule has 116 valence electrons. The van der Waals surface area contributed by atoms with E-state index in [1.54, 1.807) is 35.6 Å². The fourth-order valence-electron chi connectivity index (χ4n) is 2.45. The summed E-state index contributed by atoms with van der Waals surface area (Å²) in [5.41, 5.74) is 1.98. The number of para-hydroxylation sites is 3. The van der Waals surface area contributed by atoms with Crippen LogP contribution >= 0.6 is 23.1 Å². The van der Waals surface area contributed by atoms with Gasteiger partial charge in [0, 0.05) is 0 Å². The van der Waals surface area contributed by atoms with Gasteiger partial charge in [0.05, 0.1) is 27.0 Å². The van der Waals surface area contributed by atoms with Crippen molar-refractivity contribution in [1.29, 1.82) is 0 Å². The van der Waals surface area contributed by atoms with Crippen molar-refractivity contribution in [2.24, 2.45) is 0 Å². The lowest BCUT2D eigenvalue weighted by atomic mass is 10.3. The molecular weight excluding hydrogens is 336 g/mol. The summed E-state index contributed by atoms with van der Waals surface area (Å²) >= 11 is 3.00. The van der Waals surface area contributed by atoms with Crippen LogP contribution in [0.25, 0.3) is 21.3 Å². The Kier molecular flexibility index (Phi) is 3.74. The Hall–Kier alpha value is -1.99. The highest BCUT2D eigenvalue weighted by Gasteiger charge is 2.18. The second-order valence-electron chi connectivity index (χ2n) is 4.90. The van der Waals surface area contributed by atoms with Crippen molar-refractivity contribution in [2.75, 3.05) is 0 Å². The van der Waals surface area contributed by atoms with E-state index in [-0.39, 0.29) is 0 Å². The zero-order valence-electron chi connectivity index (χ0n) is 11.8. The summed E-state index contributed by atoms with van der Waals surface area (Å²) in [6.07, 6.45) is 0. The molecule has 0 unspecified atom stereocenters. The molecule has 0 aliphatic rings. The number of imidazole rings is 1. The van der Waals surface area contributed by atoms with Gasteiger partial charge >= 0.3 is 6.55 Å². The van der Waals surface area contributed by atoms with E-state index in [1.165, 1.54) is 11.8 Å². The third-order valence-electron chi connectivity index (χ3n) is 3.46. The van der Waals surface area contributed by atoms with Gasteiger partial charge in [-0.15, -0.1) is 11.3 Å². The number of alkyl halides is 2. The summed E-state index contributed by atoms with van der Waals surface area (Å²) in [6.45, 7) is -2.60. The maximum absolute atomic E-state index is 13.4. The molecule has 0 bridgehead atoms. The molecular formula is C16H11F2N3S2. The fourth-order valence-corrected chi connectivity index (χ4v) is 4.45. The smallest absolute Gasteiger partial charge is 0.269 e. The van der Waals surface area contributed by atoms with E-state index in [0.29, 0.717) is 22.6 Å². The topological polar surface area (TPSA) is 30.7 Å². The Balaban J connectivity index is 1.65. The van der Waals surface area contributed by atoms with Crippen molar-refractivity contribution in [2.45, 2.75) is 16.6 Å². The Labute approximate surface area is 139 Å². The maximum atomic E-state index is 13.4. The standard InChI is InChI=1S/C16H11F2N3S2/c17-15(18)21-12-7-3-1-5-10(12)19-14(21)9-22-16-20-11-6-2-4-8-13(11)23-16/h1-8,15H,9H2. The molecule has 2 aromatic heterocycles. The molecule has 0 spiro atoms. The molecule has 23 heavy (non-hydrogen) atoms. The van der Waals surface area contributed by atoms with Crippen LogP contribution in [0.4, 0.5) is 8.78 Å². The molecule has 0 aliphatic heterocycles. The molecule has 0 fully saturated rings. The Morgan fingerprint density at radius 1 is 1.00 bits per heavy atom. The number of hydrogen-bond donors (Lipinski definition) is 0. The van der Waals surface area contributed by atoms with Gasteiger partial charge in [0.1, 0.15) is 5.82 Å². The predicted molar refractivity (Wildman–Crippen MR) is 90.2 cm³/mol. The minimum absolute atomic E-state index is 0.360. The lowest BCUT2D eigenvalue weighted by Crippen LogP contribution is -2.03. The van der Waals surface area contributed by atoms with Crippen LogP contribution in [-0.2, 0) is 5.75 Å². The number of rotatable bonds is 4. The molecule has 7 heteroatoms. The van der Waals surface area contributed by atoms with Gasteiger partial charge in [-0.25, -0.2) is 9.97 Å². The van der Waals surface area contributed by atoms with Crippen LogP contribution in [0.15, 0.2) is 52.9 Å². The Bertz CT molecular complexity index is 945. The first-order valence-electron chi connectivity index (χ1n) is 6.95. The second-order valence-corrected chi connectivity index (χ2v) is 7.15. The number of nitrogens with zero attached hydrogens (tertiary/aromatic N) is 3. The average molecular weight is 347 g/mol. The van der Waals surface area contributed by atoms with Gasteiger partial charge in [-0.3, -0.25) is 4.57 Å². The molecule has 3 nitrogen and oxygen atoms in total. The molecule has 0 atom stereocenters. The van der Waals surface area contributed by atoms with Crippen molar-refractivity contribution in [1.82, 2.24) is 14.5 Å². The first-order chi connectivity index (χ1) is 11.2. The number of thiazole rings is 1. The quantitative estimate of drug-likeness (QED) is 0.467. The molecule has 4 rings (SSSR count). The van der Waals surface area contributed by atoms with E-state index in [0.717, 1.165) is 19.1 Å². The minimum Gasteiger partial charge on any atom is -0.269 e. The van der Waals surface area contributed by atoms with E-state index in [2.05, 4.69) is 9.97 Å². The summed E-state index contributed by atoms with van der Waals surface area (Å²) in [6, 6.07) is 14.8. The predicted octanol–water partition coefficient (Wildman–Crippen LogP) is 5.33. The van der Waals surface area contributed by atoms with Gasteiger partial charge in [-0.05, 0) is 24.3 Å². The van der Waals surface area contributed by atoms with Gasteiger partial charge in [0.15, 0.2) is 4.34 Å². The first kappa shape index (κ1) is 14.6. The van der Waals surface area contributed by atoms with E-state index >= 15 is 0 Å². The minimum atomic E-state index is -2.60. The molecule has 0 aliphatic carbocycles. The van der Waals surface area contributed by atoms with Crippen molar-refractivity contribution in [3.05, 3.63) is 54.4 Å². The largest absolute Gasteiger partial charge is 0.320 e. The van der Waals surface area contributed by atoms with Gasteiger partial charge in [0.25, 0.3) is 0 Å². The summed E-state index contributed by atoms with van der Waals surface area (Å²) in [4.78, 5) is 8.86. The second kappa shape index (κ2) is 5.90. The summed E-state index contributed by atoms with van der Waals surface area (Å²) < 4.78 is 29.7. The molecule has 0 amide bonds. The summed E-state index contributed by atoms with van der Waals surface area (Å²) in [5.74, 6) is 0.726. The summed E-state index contributed by atoms with van der Waals surface area (Å²) in [7, 11) is 0. The van der Waals surface area contributed by atoms with Crippen LogP contribution in [-0.4, -0.2) is 14.5 Å². The Morgan fingerprint density at radius 3 is 2.52 bits per heavy atom. The monoisotopic (exact) mass is 347 g/mol. The maximum Gasteiger partial charge on any atom is 0.320 e. The van der Waals surface area contributed by atoms with E-state index in [9.17, 15) is 8.78 Å². The third kappa shape index (κ3) is 2.70. The normalized spacial score (nSPS) is 11.8. The van der Waals surface area contributed by atoms with E-state index in [4.69, 9.17) is 0 Å². The van der Waals surface area contributed by atoms with Crippen molar-refractivity contribution < 1.29 is 8.78 Å². The third-order valence-corrected chi connectivity index (χ3v) is 5.64. The average Bonchev–Trinajstić information content (AvgIpc) is 3.13. The van der Waals surface area contributed by atoms with Gasteiger partial charge < -0.3 is 0 Å². The van der Waals surface area contributed by atoms with Gasteiger partial charge in [-0.1, -0.05) is 36.0 Å². The lowest BCUT2D eigenvalue weighted by molar-refractivity contribution is 0.0722. The fraction of sp³-hybridized carbons (Fsp3) is 0.125. The van der Waals surface area contributed by atoms with Crippen LogP contribution in [0.2, 0.25) is 0 Å². The Morgan fingerprint density at radius 2 is 1.74 bits per heavy atom. The van der Waals surface area contributed by atoms with Crippen molar-refractivity contribution in [3.63, 3.8) is 0 Å². The highest BCUT2D eigenvalue weighted by molar-refractivity contribution is 8.00. The lowest BCUT2D eigenvalue weighted by Gasteiger charge is -2.06. The van der Waals surface area contributed by atoms with Crippen LogP contribution in [0.3, 0.4) is 0 Å². The van der Waals surface area contributed by atoms with E-state index < -0.39 is 6.55 Å². The molecule has 2 aromatic carbocycles. The number of benzene rings is 2. The molecule has 2 heterocycles. The highest BCUT2D eigenvalue weighted by atomic mass is 32.2. The summed E-state index contributed by atoms with van der Waals surface area (Å²) in [5, 5.41) is 0. The van der Waals surface area contributed by atoms with Gasteiger partial charge in [-0.2, -0.15) is 8.78 Å². The molecule has 0 N–H and O–H groups in total. The zero-order valence-corrected chi connectivity index (χ0v) is 13.5. The van der Waals surface area contributed by atoms with Crippen LogP contribution < -0.4 is 0 Å². The number of fused-ring (bicyclic) bond motifs is 2. The molecule has 0 radical (unpaired) electrons. The number of halogens is 2. The number of hydrogen-bond acceptors (Lipinski definition) is 4. The van der Waals surface area contributed by atoms with Crippen LogP contribution in [0, 0.1) is 0 Å². The van der Waals surface area contributed by atoms with E-state index in [1.807, 2.05) is 24.3 Å². The number of aromatic nitrogens is 3. The van der Waals surface area contributed by atoms with Crippen molar-refractivity contribution >= 4 is 44.3 Å². The highest BCUT2D eigenvalue weighted by Crippen LogP contribution is 2.33. The van der Waals surface area contributed by atoms with Gasteiger partial charge in [0.2, 0.25) is 0 Å². The molecule has 4 aromatic rings. The van der Waals surface area contributed by atoms with Crippen LogP contribution in [0.1, 0.15) is 12.4 Å².